The molecule has 0 spiro atoms. The number of Topliss-reactive ketones (excluding diaryl/α,β-unsaturated/α-hetero) is 1. The molecule has 0 aliphatic rings. The summed E-state index contributed by atoms with van der Waals surface area (Å²) in [6.07, 6.45) is 0. The van der Waals surface area contributed by atoms with Gasteiger partial charge in [-0.15, -0.1) is 0 Å². The normalized spacial score (nSPS) is 13.8. The average Bonchev–Trinajstić information content (AvgIpc) is 2.35. The molecule has 2 atom stereocenters. The summed E-state index contributed by atoms with van der Waals surface area (Å²) < 4.78 is 12.9. The Morgan fingerprint density at radius 1 is 1.35 bits per heavy atom. The molecule has 0 bridgehead atoms. The van der Waals surface area contributed by atoms with Crippen LogP contribution in [0.25, 0.3) is 0 Å². The SMILES string of the molecule is CC(=O)C(NC(=O)CS(=O)c1cccc(Br)c1)C(C)C. The Labute approximate surface area is 129 Å². The van der Waals surface area contributed by atoms with E-state index in [1.165, 1.54) is 6.92 Å². The highest BCUT2D eigenvalue weighted by Gasteiger charge is 2.21. The highest BCUT2D eigenvalue weighted by molar-refractivity contribution is 9.10. The van der Waals surface area contributed by atoms with E-state index in [1.54, 1.807) is 18.2 Å². The van der Waals surface area contributed by atoms with Gasteiger partial charge in [0.1, 0.15) is 5.75 Å². The zero-order chi connectivity index (χ0) is 15.3. The summed E-state index contributed by atoms with van der Waals surface area (Å²) in [5.41, 5.74) is 0. The van der Waals surface area contributed by atoms with Crippen LogP contribution in [0.2, 0.25) is 0 Å². The quantitative estimate of drug-likeness (QED) is 0.847. The lowest BCUT2D eigenvalue weighted by Crippen LogP contribution is -2.45. The van der Waals surface area contributed by atoms with Crippen molar-refractivity contribution in [3.63, 3.8) is 0 Å². The van der Waals surface area contributed by atoms with E-state index < -0.39 is 16.8 Å². The molecule has 1 amide bonds. The number of ketones is 1. The lowest BCUT2D eigenvalue weighted by Gasteiger charge is -2.19. The molecule has 1 aromatic rings. The summed E-state index contributed by atoms with van der Waals surface area (Å²) in [4.78, 5) is 23.9. The van der Waals surface area contributed by atoms with Crippen LogP contribution in [0.1, 0.15) is 20.8 Å². The van der Waals surface area contributed by atoms with Crippen molar-refractivity contribution in [2.75, 3.05) is 5.75 Å². The maximum Gasteiger partial charge on any atom is 0.233 e. The lowest BCUT2D eigenvalue weighted by atomic mass is 10.0. The summed E-state index contributed by atoms with van der Waals surface area (Å²) >= 11 is 3.30. The van der Waals surface area contributed by atoms with Crippen LogP contribution in [0.3, 0.4) is 0 Å². The summed E-state index contributed by atoms with van der Waals surface area (Å²) in [6, 6.07) is 6.49. The van der Waals surface area contributed by atoms with Gasteiger partial charge in [0.15, 0.2) is 5.78 Å². The largest absolute Gasteiger partial charge is 0.345 e. The van der Waals surface area contributed by atoms with Crippen LogP contribution in [0.4, 0.5) is 0 Å². The smallest absolute Gasteiger partial charge is 0.233 e. The first kappa shape index (κ1) is 17.0. The predicted octanol–water partition coefficient (Wildman–Crippen LogP) is 2.29. The van der Waals surface area contributed by atoms with E-state index in [2.05, 4.69) is 21.2 Å². The molecule has 0 aromatic heterocycles. The van der Waals surface area contributed by atoms with E-state index in [1.807, 2.05) is 19.9 Å². The van der Waals surface area contributed by atoms with Gasteiger partial charge < -0.3 is 5.32 Å². The van der Waals surface area contributed by atoms with Crippen LogP contribution in [-0.4, -0.2) is 27.7 Å². The van der Waals surface area contributed by atoms with E-state index in [0.717, 1.165) is 4.47 Å². The van der Waals surface area contributed by atoms with Crippen LogP contribution in [-0.2, 0) is 20.4 Å². The number of hydrogen-bond donors (Lipinski definition) is 1. The fourth-order valence-corrected chi connectivity index (χ4v) is 3.29. The Kier molecular flexibility index (Phi) is 6.55. The summed E-state index contributed by atoms with van der Waals surface area (Å²) in [7, 11) is -1.42. The van der Waals surface area contributed by atoms with Gasteiger partial charge in [-0.2, -0.15) is 0 Å². The molecule has 0 saturated carbocycles. The Bertz CT molecular complexity index is 531. The van der Waals surface area contributed by atoms with Gasteiger partial charge in [0.05, 0.1) is 16.8 Å². The number of amides is 1. The molecule has 20 heavy (non-hydrogen) atoms. The van der Waals surface area contributed by atoms with Crippen LogP contribution >= 0.6 is 15.9 Å². The molecular formula is C14H18BrNO3S. The summed E-state index contributed by atoms with van der Waals surface area (Å²) in [5, 5.41) is 2.64. The second-order valence-electron chi connectivity index (χ2n) is 4.85. The number of hydrogen-bond acceptors (Lipinski definition) is 3. The zero-order valence-corrected chi connectivity index (χ0v) is 14.1. The first-order valence-electron chi connectivity index (χ1n) is 6.25. The Morgan fingerprint density at radius 3 is 2.50 bits per heavy atom. The maximum absolute atomic E-state index is 12.1. The molecule has 2 unspecified atom stereocenters. The fraction of sp³-hybridized carbons (Fsp3) is 0.429. The number of carbonyl (C=O) groups excluding carboxylic acids is 2. The van der Waals surface area contributed by atoms with Crippen molar-refractivity contribution in [2.24, 2.45) is 5.92 Å². The molecule has 1 N–H and O–H groups in total. The third kappa shape index (κ3) is 5.17. The number of rotatable bonds is 6. The molecule has 0 heterocycles. The number of carbonyl (C=O) groups is 2. The second kappa shape index (κ2) is 7.69. The van der Waals surface area contributed by atoms with Crippen LogP contribution < -0.4 is 5.32 Å². The topological polar surface area (TPSA) is 63.2 Å². The number of halogens is 1. The van der Waals surface area contributed by atoms with Gasteiger partial charge in [-0.25, -0.2) is 0 Å². The minimum atomic E-state index is -1.42. The third-order valence-electron chi connectivity index (χ3n) is 2.74. The van der Waals surface area contributed by atoms with Crippen molar-refractivity contribution >= 4 is 38.4 Å². The molecule has 0 radical (unpaired) electrons. The van der Waals surface area contributed by atoms with Crippen molar-refractivity contribution < 1.29 is 13.8 Å². The standard InChI is InChI=1S/C14H18BrNO3S/c1-9(2)14(10(3)17)16-13(18)8-20(19)12-6-4-5-11(15)7-12/h4-7,9,14H,8H2,1-3H3,(H,16,18). The van der Waals surface area contributed by atoms with Gasteiger partial charge >= 0.3 is 0 Å². The molecule has 1 aromatic carbocycles. The van der Waals surface area contributed by atoms with E-state index >= 15 is 0 Å². The van der Waals surface area contributed by atoms with Crippen molar-refractivity contribution in [3.8, 4) is 0 Å². The van der Waals surface area contributed by atoms with Gasteiger partial charge in [0, 0.05) is 9.37 Å². The Morgan fingerprint density at radius 2 is 2.00 bits per heavy atom. The van der Waals surface area contributed by atoms with E-state index in [-0.39, 0.29) is 23.4 Å². The molecule has 0 saturated heterocycles. The minimum absolute atomic E-state index is 0.00996. The fourth-order valence-electron chi connectivity index (χ4n) is 1.76. The molecule has 6 heteroatoms. The number of nitrogens with one attached hydrogen (secondary N) is 1. The van der Waals surface area contributed by atoms with Gasteiger partial charge in [0.25, 0.3) is 0 Å². The van der Waals surface area contributed by atoms with Crippen LogP contribution in [0, 0.1) is 5.92 Å². The molecular weight excluding hydrogens is 342 g/mol. The first-order chi connectivity index (χ1) is 9.31. The number of benzene rings is 1. The minimum Gasteiger partial charge on any atom is -0.345 e. The molecule has 0 aliphatic heterocycles. The van der Waals surface area contributed by atoms with Crippen molar-refractivity contribution in [1.29, 1.82) is 0 Å². The Balaban J connectivity index is 2.66. The van der Waals surface area contributed by atoms with E-state index in [0.29, 0.717) is 4.90 Å². The molecule has 1 rings (SSSR count). The third-order valence-corrected chi connectivity index (χ3v) is 4.54. The van der Waals surface area contributed by atoms with Crippen molar-refractivity contribution in [1.82, 2.24) is 5.32 Å². The molecule has 0 fully saturated rings. The van der Waals surface area contributed by atoms with Gasteiger partial charge in [-0.1, -0.05) is 35.8 Å². The zero-order valence-electron chi connectivity index (χ0n) is 11.7. The average molecular weight is 360 g/mol. The molecule has 110 valence electrons. The van der Waals surface area contributed by atoms with E-state index in [4.69, 9.17) is 0 Å². The van der Waals surface area contributed by atoms with Gasteiger partial charge in [-0.3, -0.25) is 13.8 Å². The molecule has 4 nitrogen and oxygen atoms in total. The van der Waals surface area contributed by atoms with Crippen molar-refractivity contribution in [3.05, 3.63) is 28.7 Å². The monoisotopic (exact) mass is 359 g/mol. The lowest BCUT2D eigenvalue weighted by molar-refractivity contribution is -0.126. The van der Waals surface area contributed by atoms with Crippen LogP contribution in [0.15, 0.2) is 33.6 Å². The molecule has 0 aliphatic carbocycles. The van der Waals surface area contributed by atoms with Crippen LogP contribution in [0.5, 0.6) is 0 Å². The van der Waals surface area contributed by atoms with E-state index in [9.17, 15) is 13.8 Å². The first-order valence-corrected chi connectivity index (χ1v) is 8.36. The van der Waals surface area contributed by atoms with Crippen molar-refractivity contribution in [2.45, 2.75) is 31.7 Å². The maximum atomic E-state index is 12.1. The van der Waals surface area contributed by atoms with Gasteiger partial charge in [0.2, 0.25) is 5.91 Å². The summed E-state index contributed by atoms with van der Waals surface area (Å²) in [5.74, 6) is -0.609. The summed E-state index contributed by atoms with van der Waals surface area (Å²) in [6.45, 7) is 5.16. The van der Waals surface area contributed by atoms with Gasteiger partial charge in [-0.05, 0) is 31.0 Å². The second-order valence-corrected chi connectivity index (χ2v) is 7.21. The predicted molar refractivity (Wildman–Crippen MR) is 82.9 cm³/mol. The highest BCUT2D eigenvalue weighted by atomic mass is 79.9. The highest BCUT2D eigenvalue weighted by Crippen LogP contribution is 2.15. The Hall–Kier alpha value is -1.01.